The molecule has 37 heteroatoms. The minimum atomic E-state index is -4.64. The summed E-state index contributed by atoms with van der Waals surface area (Å²) in [4.78, 5) is 129. The maximum Gasteiger partial charge on any atom is 0.466 e. The molecule has 0 aromatic carbocycles. The van der Waals surface area contributed by atoms with Crippen molar-refractivity contribution in [3.63, 3.8) is 0 Å². The lowest BCUT2D eigenvalue weighted by atomic mass is 9.47. The maximum absolute atomic E-state index is 10.2. The molecule has 31 nitrogen and oxygen atoms in total. The fourth-order valence-electron chi connectivity index (χ4n) is 9.88. The number of fused-ring (bicyclic) bond motifs is 5. The highest BCUT2D eigenvalue weighted by Gasteiger charge is 2.59. The van der Waals surface area contributed by atoms with E-state index >= 15 is 0 Å². The molecule has 5 aliphatic rings. The van der Waals surface area contributed by atoms with Gasteiger partial charge in [-0.15, -0.1) is 0 Å². The first-order chi connectivity index (χ1) is 30.7. The smallest absolute Gasteiger partial charge is 0.393 e. The van der Waals surface area contributed by atoms with E-state index in [-0.39, 0.29) is 6.10 Å². The molecule has 424 valence electrons. The molecule has 0 unspecified atom stereocenters. The molecule has 0 aromatic rings. The van der Waals surface area contributed by atoms with Crippen LogP contribution < -0.4 is 0 Å². The van der Waals surface area contributed by atoms with Gasteiger partial charge < -0.3 is 124 Å². The molecule has 0 heterocycles. The second-order valence-electron chi connectivity index (χ2n) is 18.2. The van der Waals surface area contributed by atoms with E-state index < -0.39 is 83.6 Å². The zero-order valence-corrected chi connectivity index (χ0v) is 44.0. The summed E-state index contributed by atoms with van der Waals surface area (Å²) in [7, 11) is -27.8. The molecular formula is C33H76O31P6. The molecule has 25 N–H and O–H groups in total. The predicted octanol–water partition coefficient (Wildman–Crippen LogP) is -2.02. The Balaban J connectivity index is -0.000000881. The van der Waals surface area contributed by atoms with Gasteiger partial charge in [0.2, 0.25) is 0 Å². The van der Waals surface area contributed by atoms with Crippen molar-refractivity contribution in [2.24, 2.45) is 46.3 Å². The molecule has 0 bridgehead atoms. The van der Waals surface area contributed by atoms with Gasteiger partial charge in [-0.1, -0.05) is 65.5 Å². The zero-order valence-electron chi connectivity index (χ0n) is 38.7. The summed E-state index contributed by atoms with van der Waals surface area (Å²) in [6.07, 6.45) is 7.32. The van der Waals surface area contributed by atoms with Crippen LogP contribution in [0.5, 0.6) is 0 Å². The molecule has 70 heavy (non-hydrogen) atoms. The van der Waals surface area contributed by atoms with Crippen LogP contribution in [0.3, 0.4) is 0 Å². The molecule has 8 atom stereocenters. The van der Waals surface area contributed by atoms with Gasteiger partial charge >= 0.3 is 46.9 Å². The lowest BCUT2D eigenvalue weighted by Gasteiger charge is -2.58. The van der Waals surface area contributed by atoms with E-state index in [1.807, 2.05) is 0 Å². The Morgan fingerprint density at radius 3 is 1.13 bits per heavy atom. The molecule has 0 aromatic heterocycles. The SMILES string of the molecule is CC(C)CCC[C@@H](C)[C@H]1CC[C@H]2[C@@H]3CC=C4C[C@@H](O)CC[C@]4(C)[C@H]3CC[C@]12C.O=P(O)(O)O.O=P(O)(O)O.O=P(O)(O)O.O=P(O)(O)O.O=P(O)(O)O.O=P(O)(O)O.OC1C(O)C(O)C(O)C(O)C1O. The Labute approximate surface area is 403 Å². The van der Waals surface area contributed by atoms with Crippen molar-refractivity contribution in [3.05, 3.63) is 11.6 Å². The molecule has 4 saturated carbocycles. The predicted molar refractivity (Wildman–Crippen MR) is 241 cm³/mol. The van der Waals surface area contributed by atoms with Gasteiger partial charge in [0.05, 0.1) is 6.10 Å². The van der Waals surface area contributed by atoms with Crippen LogP contribution in [-0.2, 0) is 27.4 Å². The Kier molecular flexibility index (Phi) is 32.7. The number of hydrogen-bond donors (Lipinski definition) is 25. The summed E-state index contributed by atoms with van der Waals surface area (Å²) in [5.41, 5.74) is 2.60. The lowest BCUT2D eigenvalue weighted by molar-refractivity contribution is -0.223. The maximum atomic E-state index is 10.2. The van der Waals surface area contributed by atoms with E-state index in [0.717, 1.165) is 48.3 Å². The Morgan fingerprint density at radius 2 is 0.814 bits per heavy atom. The van der Waals surface area contributed by atoms with Crippen molar-refractivity contribution in [1.29, 1.82) is 0 Å². The van der Waals surface area contributed by atoms with Gasteiger partial charge in [-0.05, 0) is 97.7 Å². The molecule has 5 aliphatic carbocycles. The molecule has 0 aliphatic heterocycles. The normalized spacial score (nSPS) is 33.2. The molecule has 5 rings (SSSR count). The third-order valence-corrected chi connectivity index (χ3v) is 12.4. The highest BCUT2D eigenvalue weighted by atomic mass is 31.2. The Hall–Kier alpha value is 0.120. The van der Waals surface area contributed by atoms with Crippen molar-refractivity contribution < 1.29 is 151 Å². The van der Waals surface area contributed by atoms with Gasteiger partial charge in [0.15, 0.2) is 0 Å². The van der Waals surface area contributed by atoms with Crippen LogP contribution in [-0.4, -0.2) is 167 Å². The molecule has 0 spiro atoms. The number of aliphatic hydroxyl groups excluding tert-OH is 7. The van der Waals surface area contributed by atoms with Crippen molar-refractivity contribution in [2.75, 3.05) is 0 Å². The largest absolute Gasteiger partial charge is 0.466 e. The van der Waals surface area contributed by atoms with Gasteiger partial charge in [-0.25, -0.2) is 27.4 Å². The van der Waals surface area contributed by atoms with Crippen molar-refractivity contribution in [1.82, 2.24) is 0 Å². The van der Waals surface area contributed by atoms with Crippen LogP contribution in [0.4, 0.5) is 0 Å². The first kappa shape index (κ1) is 74.4. The first-order valence-electron chi connectivity index (χ1n) is 20.9. The number of allylic oxidation sites excluding steroid dienone is 1. The van der Waals surface area contributed by atoms with Crippen molar-refractivity contribution in [2.45, 2.75) is 148 Å². The van der Waals surface area contributed by atoms with Gasteiger partial charge in [-0.3, -0.25) is 0 Å². The van der Waals surface area contributed by atoms with Crippen LogP contribution in [0.15, 0.2) is 11.6 Å². The summed E-state index contributed by atoms with van der Waals surface area (Å²) in [6.45, 7) is 12.6. The number of phosphoric acid groups is 6. The minimum absolute atomic E-state index is 0.0766. The summed E-state index contributed by atoms with van der Waals surface area (Å²) in [5, 5.41) is 64.1. The topological polar surface area (TPSA) is 608 Å². The van der Waals surface area contributed by atoms with Gasteiger partial charge in [0.25, 0.3) is 0 Å². The van der Waals surface area contributed by atoms with E-state index in [2.05, 4.69) is 40.7 Å². The van der Waals surface area contributed by atoms with E-state index in [9.17, 15) is 5.11 Å². The van der Waals surface area contributed by atoms with Crippen molar-refractivity contribution in [3.8, 4) is 0 Å². The van der Waals surface area contributed by atoms with Crippen LogP contribution in [0.2, 0.25) is 0 Å². The van der Waals surface area contributed by atoms with E-state index in [0.29, 0.717) is 10.8 Å². The van der Waals surface area contributed by atoms with Crippen LogP contribution in [0, 0.1) is 46.3 Å². The monoisotopic (exact) mass is 1150 g/mol. The Bertz CT molecular complexity index is 1580. The number of aliphatic hydroxyl groups is 7. The van der Waals surface area contributed by atoms with Crippen LogP contribution in [0.25, 0.3) is 0 Å². The Morgan fingerprint density at radius 1 is 0.486 bits per heavy atom. The third kappa shape index (κ3) is 36.2. The fourth-order valence-corrected chi connectivity index (χ4v) is 9.88. The third-order valence-electron chi connectivity index (χ3n) is 12.4. The second kappa shape index (κ2) is 30.8. The highest BCUT2D eigenvalue weighted by molar-refractivity contribution is 7.46. The zero-order chi connectivity index (χ0) is 56.6. The second-order valence-corrected chi connectivity index (χ2v) is 24.4. The summed E-state index contributed by atoms with van der Waals surface area (Å²) >= 11 is 0. The minimum Gasteiger partial charge on any atom is -0.393 e. The van der Waals surface area contributed by atoms with Gasteiger partial charge in [0, 0.05) is 0 Å². The summed E-state index contributed by atoms with van der Waals surface area (Å²) in [6, 6.07) is 0. The molecule has 0 radical (unpaired) electrons. The number of hydrogen-bond acceptors (Lipinski definition) is 13. The lowest BCUT2D eigenvalue weighted by Crippen LogP contribution is -2.63. The fraction of sp³-hybridized carbons (Fsp3) is 0.939. The molecule has 0 amide bonds. The van der Waals surface area contributed by atoms with Crippen LogP contribution >= 0.6 is 46.9 Å². The number of rotatable bonds is 5. The van der Waals surface area contributed by atoms with Gasteiger partial charge in [-0.2, -0.15) is 0 Å². The molecule has 4 fully saturated rings. The van der Waals surface area contributed by atoms with Crippen molar-refractivity contribution >= 4 is 46.9 Å². The van der Waals surface area contributed by atoms with E-state index in [1.165, 1.54) is 57.8 Å². The standard InChI is InChI=1S/C27H46O.C6H12O6.6H3O4P/c1-18(2)7-6-8-19(3)23-11-12-24-22-10-9-20-17-21(28)13-15-26(20,4)25(22)14-16-27(23,24)5;7-1-2(8)4(10)6(12)5(11)3(1)9;6*1-5(2,3)4/h9,18-19,21-25,28H,6-8,10-17H2,1-5H3;1-12H;6*(H3,1,2,3,4)/t19-,21+,22+,23-,24+,25+,26+,27-;;;;;;;/m1......./s1. The average Bonchev–Trinajstić information content (AvgIpc) is 3.46. The summed E-state index contributed by atoms with van der Waals surface area (Å²) < 4.78 is 53.3. The quantitative estimate of drug-likeness (QED) is 0.104. The highest BCUT2D eigenvalue weighted by Crippen LogP contribution is 2.67. The van der Waals surface area contributed by atoms with E-state index in [4.69, 9.17) is 146 Å². The first-order valence-corrected chi connectivity index (χ1v) is 30.3. The van der Waals surface area contributed by atoms with Gasteiger partial charge in [0.1, 0.15) is 36.6 Å². The van der Waals surface area contributed by atoms with Crippen LogP contribution in [0.1, 0.15) is 105 Å². The average molecular weight is 1150 g/mol. The summed E-state index contributed by atoms with van der Waals surface area (Å²) in [5.74, 6) is 5.46. The molecule has 0 saturated heterocycles. The van der Waals surface area contributed by atoms with E-state index in [1.54, 1.807) is 5.57 Å². The molecular weight excluding hydrogens is 1080 g/mol.